The lowest BCUT2D eigenvalue weighted by atomic mass is 9.95. The summed E-state index contributed by atoms with van der Waals surface area (Å²) in [5.74, 6) is 1.59. The van der Waals surface area contributed by atoms with Crippen LogP contribution in [0.15, 0.2) is 48.0 Å². The number of rotatable bonds is 8. The number of hydrogen-bond acceptors (Lipinski definition) is 4. The van der Waals surface area contributed by atoms with Gasteiger partial charge in [0.2, 0.25) is 0 Å². The summed E-state index contributed by atoms with van der Waals surface area (Å²) in [6, 6.07) is 15.0. The minimum absolute atomic E-state index is 0.672. The molecule has 0 N–H and O–H groups in total. The fourth-order valence-electron chi connectivity index (χ4n) is 4.61. The molecule has 4 nitrogen and oxygen atoms in total. The highest BCUT2D eigenvalue weighted by molar-refractivity contribution is 5.86. The van der Waals surface area contributed by atoms with Gasteiger partial charge >= 0.3 is 0 Å². The molecule has 2 aromatic rings. The number of fused-ring (bicyclic) bond motifs is 1. The number of ether oxygens (including phenoxy) is 2. The Morgan fingerprint density at radius 1 is 1.09 bits per heavy atom. The number of carbonyl (C=O) groups excluding carboxylic acids is 1. The first kappa shape index (κ1) is 22.6. The number of nitrogens with zero attached hydrogens (tertiary/aromatic N) is 1. The van der Waals surface area contributed by atoms with Gasteiger partial charge in [0, 0.05) is 32.0 Å². The van der Waals surface area contributed by atoms with Gasteiger partial charge in [0.15, 0.2) is 0 Å². The third kappa shape index (κ3) is 5.80. The van der Waals surface area contributed by atoms with Crippen LogP contribution >= 0.6 is 0 Å². The monoisotopic (exact) mass is 433 g/mol. The zero-order valence-corrected chi connectivity index (χ0v) is 19.2. The quantitative estimate of drug-likeness (QED) is 0.370. The van der Waals surface area contributed by atoms with E-state index in [1.165, 1.54) is 5.69 Å². The molecule has 0 aromatic heterocycles. The van der Waals surface area contributed by atoms with Crippen LogP contribution in [0.25, 0.3) is 17.2 Å². The molecular weight excluding hydrogens is 398 g/mol. The van der Waals surface area contributed by atoms with E-state index in [9.17, 15) is 4.79 Å². The molecule has 0 spiro atoms. The smallest absolute Gasteiger partial charge is 0.146 e. The molecule has 32 heavy (non-hydrogen) atoms. The second kappa shape index (κ2) is 11.3. The van der Waals surface area contributed by atoms with Crippen molar-refractivity contribution in [3.8, 4) is 16.9 Å². The zero-order valence-electron chi connectivity index (χ0n) is 19.2. The summed E-state index contributed by atoms with van der Waals surface area (Å²) >= 11 is 0. The fourth-order valence-corrected chi connectivity index (χ4v) is 4.61. The molecule has 2 aliphatic rings. The highest BCUT2D eigenvalue weighted by atomic mass is 16.5. The van der Waals surface area contributed by atoms with Crippen LogP contribution in [0.2, 0.25) is 0 Å². The second-order valence-corrected chi connectivity index (χ2v) is 8.94. The van der Waals surface area contributed by atoms with Gasteiger partial charge in [-0.1, -0.05) is 31.5 Å². The van der Waals surface area contributed by atoms with E-state index in [2.05, 4.69) is 48.2 Å². The van der Waals surface area contributed by atoms with Crippen LogP contribution in [0.5, 0.6) is 5.75 Å². The lowest BCUT2D eigenvalue weighted by Crippen LogP contribution is -2.34. The third-order valence-corrected chi connectivity index (χ3v) is 6.53. The molecule has 0 amide bonds. The van der Waals surface area contributed by atoms with Gasteiger partial charge in [-0.25, -0.2) is 0 Å². The van der Waals surface area contributed by atoms with E-state index in [1.54, 1.807) is 0 Å². The van der Waals surface area contributed by atoms with Crippen LogP contribution in [-0.4, -0.2) is 39.2 Å². The average Bonchev–Trinajstić information content (AvgIpc) is 2.82. The number of benzene rings is 2. The molecule has 2 heterocycles. The molecule has 170 valence electrons. The van der Waals surface area contributed by atoms with E-state index in [0.29, 0.717) is 5.92 Å². The molecule has 0 bridgehead atoms. The van der Waals surface area contributed by atoms with E-state index in [-0.39, 0.29) is 0 Å². The van der Waals surface area contributed by atoms with Crippen LogP contribution in [-0.2, 0) is 9.53 Å². The van der Waals surface area contributed by atoms with E-state index in [4.69, 9.17) is 9.47 Å². The van der Waals surface area contributed by atoms with E-state index in [0.717, 1.165) is 106 Å². The number of anilines is 1. The van der Waals surface area contributed by atoms with Crippen LogP contribution in [0, 0.1) is 5.92 Å². The van der Waals surface area contributed by atoms with E-state index < -0.39 is 0 Å². The Morgan fingerprint density at radius 3 is 2.62 bits per heavy atom. The maximum absolute atomic E-state index is 11.6. The predicted octanol–water partition coefficient (Wildman–Crippen LogP) is 6.14. The largest absolute Gasteiger partial charge is 0.494 e. The highest BCUT2D eigenvalue weighted by Gasteiger charge is 2.21. The summed E-state index contributed by atoms with van der Waals surface area (Å²) in [7, 11) is 0. The van der Waals surface area contributed by atoms with Crippen LogP contribution in [0.1, 0.15) is 51.0 Å². The van der Waals surface area contributed by atoms with E-state index in [1.807, 2.05) is 12.1 Å². The summed E-state index contributed by atoms with van der Waals surface area (Å²) in [5.41, 5.74) is 5.58. The Hall–Kier alpha value is -2.59. The SMILES string of the molecule is CCCCOc1ccc(-c2ccc3c(c2)/C=C(/C=O)CCCN3CC2CCOCC2)cc1. The van der Waals surface area contributed by atoms with Gasteiger partial charge in [0.1, 0.15) is 12.0 Å². The molecule has 0 saturated carbocycles. The summed E-state index contributed by atoms with van der Waals surface area (Å²) in [6.07, 6.45) is 9.42. The van der Waals surface area contributed by atoms with Crippen molar-refractivity contribution in [3.05, 3.63) is 53.6 Å². The molecule has 1 fully saturated rings. The van der Waals surface area contributed by atoms with Crippen molar-refractivity contribution in [2.75, 3.05) is 37.8 Å². The minimum Gasteiger partial charge on any atom is -0.494 e. The number of carbonyl (C=O) groups is 1. The van der Waals surface area contributed by atoms with Crippen molar-refractivity contribution in [2.24, 2.45) is 5.92 Å². The Labute approximate surface area is 192 Å². The van der Waals surface area contributed by atoms with Crippen LogP contribution in [0.3, 0.4) is 0 Å². The molecule has 0 aliphatic carbocycles. The summed E-state index contributed by atoms with van der Waals surface area (Å²) < 4.78 is 11.4. The van der Waals surface area contributed by atoms with Gasteiger partial charge in [0.05, 0.1) is 6.61 Å². The molecule has 1 saturated heterocycles. The van der Waals surface area contributed by atoms with E-state index >= 15 is 0 Å². The number of unbranched alkanes of at least 4 members (excludes halogenated alkanes) is 1. The summed E-state index contributed by atoms with van der Waals surface area (Å²) in [4.78, 5) is 14.1. The first-order valence-electron chi connectivity index (χ1n) is 12.1. The molecule has 0 atom stereocenters. The first-order chi connectivity index (χ1) is 15.8. The molecular formula is C28H35NO3. The van der Waals surface area contributed by atoms with Crippen molar-refractivity contribution in [1.82, 2.24) is 0 Å². The Bertz CT molecular complexity index is 913. The van der Waals surface area contributed by atoms with Crippen molar-refractivity contribution < 1.29 is 14.3 Å². The number of allylic oxidation sites excluding steroid dienone is 1. The molecule has 0 radical (unpaired) electrons. The number of aldehydes is 1. The summed E-state index contributed by atoms with van der Waals surface area (Å²) in [6.45, 7) is 6.72. The molecule has 4 rings (SSSR count). The van der Waals surface area contributed by atoms with Gasteiger partial charge in [-0.2, -0.15) is 0 Å². The lowest BCUT2D eigenvalue weighted by Gasteiger charge is -2.33. The Balaban J connectivity index is 1.59. The van der Waals surface area contributed by atoms with Gasteiger partial charge in [-0.3, -0.25) is 4.79 Å². The van der Waals surface area contributed by atoms with Gasteiger partial charge < -0.3 is 14.4 Å². The maximum atomic E-state index is 11.6. The van der Waals surface area contributed by atoms with Crippen molar-refractivity contribution in [1.29, 1.82) is 0 Å². The normalized spacial score (nSPS) is 18.8. The van der Waals surface area contributed by atoms with Gasteiger partial charge in [-0.15, -0.1) is 0 Å². The van der Waals surface area contributed by atoms with Crippen LogP contribution < -0.4 is 9.64 Å². The first-order valence-corrected chi connectivity index (χ1v) is 12.1. The van der Waals surface area contributed by atoms with Gasteiger partial charge in [-0.05, 0) is 90.6 Å². The zero-order chi connectivity index (χ0) is 22.2. The Morgan fingerprint density at radius 2 is 1.88 bits per heavy atom. The Kier molecular flexibility index (Phi) is 8.00. The average molecular weight is 434 g/mol. The van der Waals surface area contributed by atoms with Gasteiger partial charge in [0.25, 0.3) is 0 Å². The molecule has 2 aliphatic heterocycles. The molecule has 0 unspecified atom stereocenters. The van der Waals surface area contributed by atoms with Crippen molar-refractivity contribution in [2.45, 2.75) is 45.4 Å². The highest BCUT2D eigenvalue weighted by Crippen LogP contribution is 2.33. The van der Waals surface area contributed by atoms with Crippen molar-refractivity contribution in [3.63, 3.8) is 0 Å². The topological polar surface area (TPSA) is 38.8 Å². The maximum Gasteiger partial charge on any atom is 0.146 e. The van der Waals surface area contributed by atoms with Crippen LogP contribution in [0.4, 0.5) is 5.69 Å². The minimum atomic E-state index is 0.672. The van der Waals surface area contributed by atoms with Crippen molar-refractivity contribution >= 4 is 18.0 Å². The molecule has 2 aromatic carbocycles. The molecule has 4 heteroatoms. The standard InChI is InChI=1S/C28H35NO3/c1-2-3-15-32-27-9-6-24(7-10-27)25-8-11-28-26(19-25)18-23(21-30)5-4-14-29(28)20-22-12-16-31-17-13-22/h6-11,18-19,21-22H,2-5,12-17,20H2,1H3/b23-18+. The fraction of sp³-hybridized carbons (Fsp3) is 0.464. The predicted molar refractivity (Wildman–Crippen MR) is 131 cm³/mol. The number of hydrogen-bond donors (Lipinski definition) is 0. The summed E-state index contributed by atoms with van der Waals surface area (Å²) in [5, 5.41) is 0. The third-order valence-electron chi connectivity index (χ3n) is 6.53. The lowest BCUT2D eigenvalue weighted by molar-refractivity contribution is -0.105. The second-order valence-electron chi connectivity index (χ2n) is 8.94.